The van der Waals surface area contributed by atoms with E-state index in [1.807, 2.05) is 12.1 Å². The van der Waals surface area contributed by atoms with Gasteiger partial charge < -0.3 is 10.6 Å². The minimum atomic E-state index is 0.152. The summed E-state index contributed by atoms with van der Waals surface area (Å²) >= 11 is 0. The molecule has 3 nitrogen and oxygen atoms in total. The molecule has 1 aromatic rings. The average Bonchev–Trinajstić information content (AvgIpc) is 2.31. The number of nitrogens with two attached hydrogens (primary N) is 1. The smallest absolute Gasteiger partial charge is 0.124 e. The van der Waals surface area contributed by atoms with Crippen molar-refractivity contribution in [3.8, 4) is 0 Å². The van der Waals surface area contributed by atoms with Crippen molar-refractivity contribution < 1.29 is 0 Å². The van der Waals surface area contributed by atoms with E-state index in [1.54, 1.807) is 0 Å². The van der Waals surface area contributed by atoms with E-state index >= 15 is 0 Å². The van der Waals surface area contributed by atoms with Gasteiger partial charge >= 0.3 is 0 Å². The lowest BCUT2D eigenvalue weighted by molar-refractivity contribution is 0.730. The molecule has 17 heavy (non-hydrogen) atoms. The van der Waals surface area contributed by atoms with Gasteiger partial charge in [-0.3, -0.25) is 5.41 Å². The second-order valence-electron chi connectivity index (χ2n) is 4.32. The number of benzene rings is 1. The highest BCUT2D eigenvalue weighted by Crippen LogP contribution is 2.25. The zero-order chi connectivity index (χ0) is 12.8. The van der Waals surface area contributed by atoms with Gasteiger partial charge in [-0.15, -0.1) is 0 Å². The maximum atomic E-state index is 7.67. The fraction of sp³-hybridized carbons (Fsp3) is 0.500. The van der Waals surface area contributed by atoms with Crippen molar-refractivity contribution in [3.05, 3.63) is 29.3 Å². The van der Waals surface area contributed by atoms with Crippen LogP contribution in [0.15, 0.2) is 18.2 Å². The van der Waals surface area contributed by atoms with Gasteiger partial charge in [-0.1, -0.05) is 25.5 Å². The standard InChI is InChI=1S/C14H23N3/c1-4-6-10-17(5-2)13-11(3)8-7-9-12(13)14(15)16/h7-9H,4-6,10H2,1-3H3,(H3,15,16). The van der Waals surface area contributed by atoms with Gasteiger partial charge in [0.25, 0.3) is 0 Å². The number of nitrogens with one attached hydrogen (secondary N) is 1. The van der Waals surface area contributed by atoms with Gasteiger partial charge in [0.1, 0.15) is 5.84 Å². The molecule has 1 rings (SSSR count). The van der Waals surface area contributed by atoms with Crippen LogP contribution >= 0.6 is 0 Å². The Morgan fingerprint density at radius 1 is 1.35 bits per heavy atom. The van der Waals surface area contributed by atoms with E-state index in [1.165, 1.54) is 18.4 Å². The normalized spacial score (nSPS) is 10.3. The molecule has 0 atom stereocenters. The van der Waals surface area contributed by atoms with Gasteiger partial charge in [0.05, 0.1) is 5.69 Å². The maximum Gasteiger partial charge on any atom is 0.124 e. The lowest BCUT2D eigenvalue weighted by Crippen LogP contribution is -2.28. The predicted molar refractivity (Wildman–Crippen MR) is 75.0 cm³/mol. The first kappa shape index (κ1) is 13.6. The van der Waals surface area contributed by atoms with Crippen LogP contribution < -0.4 is 10.6 Å². The molecule has 0 fully saturated rings. The van der Waals surface area contributed by atoms with E-state index in [9.17, 15) is 0 Å². The molecule has 3 N–H and O–H groups in total. The third-order valence-corrected chi connectivity index (χ3v) is 3.01. The van der Waals surface area contributed by atoms with Crippen molar-refractivity contribution in [1.29, 1.82) is 5.41 Å². The Morgan fingerprint density at radius 2 is 2.06 bits per heavy atom. The summed E-state index contributed by atoms with van der Waals surface area (Å²) in [5.41, 5.74) is 8.82. The van der Waals surface area contributed by atoms with Crippen LogP contribution in [0.25, 0.3) is 0 Å². The van der Waals surface area contributed by atoms with E-state index in [0.717, 1.165) is 24.3 Å². The molecule has 0 bridgehead atoms. The molecule has 1 aromatic carbocycles. The highest BCUT2D eigenvalue weighted by Gasteiger charge is 2.13. The number of nitrogens with zero attached hydrogens (tertiary/aromatic N) is 1. The summed E-state index contributed by atoms with van der Waals surface area (Å²) in [4.78, 5) is 2.32. The summed E-state index contributed by atoms with van der Waals surface area (Å²) < 4.78 is 0. The van der Waals surface area contributed by atoms with Crippen molar-refractivity contribution in [2.45, 2.75) is 33.6 Å². The first-order valence-electron chi connectivity index (χ1n) is 6.30. The highest BCUT2D eigenvalue weighted by molar-refractivity contribution is 6.01. The Kier molecular flexibility index (Phi) is 5.01. The van der Waals surface area contributed by atoms with Gasteiger partial charge in [0.2, 0.25) is 0 Å². The van der Waals surface area contributed by atoms with Crippen molar-refractivity contribution in [3.63, 3.8) is 0 Å². The molecule has 0 heterocycles. The van der Waals surface area contributed by atoms with Gasteiger partial charge in [0, 0.05) is 18.7 Å². The summed E-state index contributed by atoms with van der Waals surface area (Å²) in [6.45, 7) is 8.39. The molecule has 0 amide bonds. The minimum Gasteiger partial charge on any atom is -0.384 e. The molecule has 0 saturated heterocycles. The van der Waals surface area contributed by atoms with Crippen LogP contribution in [-0.4, -0.2) is 18.9 Å². The van der Waals surface area contributed by atoms with Crippen LogP contribution in [0.4, 0.5) is 5.69 Å². The molecule has 0 aliphatic carbocycles. The van der Waals surface area contributed by atoms with Gasteiger partial charge in [-0.25, -0.2) is 0 Å². The van der Waals surface area contributed by atoms with Crippen LogP contribution in [0, 0.1) is 12.3 Å². The Morgan fingerprint density at radius 3 is 2.59 bits per heavy atom. The summed E-state index contributed by atoms with van der Waals surface area (Å²) in [7, 11) is 0. The van der Waals surface area contributed by atoms with E-state index in [-0.39, 0.29) is 5.84 Å². The van der Waals surface area contributed by atoms with Gasteiger partial charge in [-0.05, 0) is 31.9 Å². The fourth-order valence-corrected chi connectivity index (χ4v) is 2.07. The molecule has 0 saturated carbocycles. The van der Waals surface area contributed by atoms with E-state index in [4.69, 9.17) is 11.1 Å². The third kappa shape index (κ3) is 3.22. The Balaban J connectivity index is 3.11. The zero-order valence-corrected chi connectivity index (χ0v) is 11.1. The van der Waals surface area contributed by atoms with E-state index in [0.29, 0.717) is 0 Å². The predicted octanol–water partition coefficient (Wildman–Crippen LogP) is 2.91. The molecule has 0 aromatic heterocycles. The second-order valence-corrected chi connectivity index (χ2v) is 4.32. The van der Waals surface area contributed by atoms with Crippen molar-refractivity contribution in [2.24, 2.45) is 5.73 Å². The van der Waals surface area contributed by atoms with Gasteiger partial charge in [-0.2, -0.15) is 0 Å². The molecule has 0 spiro atoms. The monoisotopic (exact) mass is 233 g/mol. The number of hydrogen-bond donors (Lipinski definition) is 2. The van der Waals surface area contributed by atoms with Crippen LogP contribution in [0.3, 0.4) is 0 Å². The average molecular weight is 233 g/mol. The number of nitrogen functional groups attached to an aromatic ring is 1. The summed E-state index contributed by atoms with van der Waals surface area (Å²) in [6, 6.07) is 5.97. The number of anilines is 1. The molecule has 94 valence electrons. The van der Waals surface area contributed by atoms with Crippen molar-refractivity contribution in [2.75, 3.05) is 18.0 Å². The molecule has 0 aliphatic heterocycles. The summed E-state index contributed by atoms with van der Waals surface area (Å²) in [5.74, 6) is 0.152. The third-order valence-electron chi connectivity index (χ3n) is 3.01. The first-order chi connectivity index (χ1) is 8.11. The molecule has 0 unspecified atom stereocenters. The van der Waals surface area contributed by atoms with Crippen LogP contribution in [0.5, 0.6) is 0 Å². The topological polar surface area (TPSA) is 53.1 Å². The maximum absolute atomic E-state index is 7.67. The fourth-order valence-electron chi connectivity index (χ4n) is 2.07. The van der Waals surface area contributed by atoms with Crippen molar-refractivity contribution >= 4 is 11.5 Å². The van der Waals surface area contributed by atoms with Gasteiger partial charge in [0.15, 0.2) is 0 Å². The molecule has 3 heteroatoms. The van der Waals surface area contributed by atoms with Crippen LogP contribution in [-0.2, 0) is 0 Å². The van der Waals surface area contributed by atoms with Crippen LogP contribution in [0.2, 0.25) is 0 Å². The highest BCUT2D eigenvalue weighted by atomic mass is 15.1. The number of hydrogen-bond acceptors (Lipinski definition) is 2. The Labute approximate surface area is 104 Å². The summed E-state index contributed by atoms with van der Waals surface area (Å²) in [6.07, 6.45) is 2.34. The lowest BCUT2D eigenvalue weighted by atomic mass is 10.1. The lowest BCUT2D eigenvalue weighted by Gasteiger charge is -2.27. The van der Waals surface area contributed by atoms with Crippen LogP contribution in [0.1, 0.15) is 37.8 Å². The Bertz CT molecular complexity index is 385. The SMILES string of the molecule is CCCCN(CC)c1c(C)cccc1C(=N)N. The van der Waals surface area contributed by atoms with Crippen molar-refractivity contribution in [1.82, 2.24) is 0 Å². The largest absolute Gasteiger partial charge is 0.384 e. The number of para-hydroxylation sites is 1. The van der Waals surface area contributed by atoms with E-state index in [2.05, 4.69) is 31.7 Å². The molecule has 0 aliphatic rings. The number of rotatable bonds is 6. The quantitative estimate of drug-likeness (QED) is 0.586. The molecular formula is C14H23N3. The minimum absolute atomic E-state index is 0.152. The number of aryl methyl sites for hydroxylation is 1. The number of amidine groups is 1. The summed E-state index contributed by atoms with van der Waals surface area (Å²) in [5, 5.41) is 7.67. The van der Waals surface area contributed by atoms with E-state index < -0.39 is 0 Å². The Hall–Kier alpha value is -1.51. The first-order valence-corrected chi connectivity index (χ1v) is 6.30. The molecular weight excluding hydrogens is 210 g/mol. The number of unbranched alkanes of at least 4 members (excludes halogenated alkanes) is 1. The zero-order valence-electron chi connectivity index (χ0n) is 11.1. The second kappa shape index (κ2) is 6.28. The molecule has 0 radical (unpaired) electrons.